The van der Waals surface area contributed by atoms with E-state index in [4.69, 9.17) is 0 Å². The van der Waals surface area contributed by atoms with E-state index in [-0.39, 0.29) is 0 Å². The fourth-order valence-electron chi connectivity index (χ4n) is 4.19. The van der Waals surface area contributed by atoms with Crippen molar-refractivity contribution in [2.45, 2.75) is 43.4 Å². The van der Waals surface area contributed by atoms with E-state index in [1.54, 1.807) is 17.3 Å². The normalized spacial score (nSPS) is 20.0. The van der Waals surface area contributed by atoms with E-state index >= 15 is 0 Å². The highest BCUT2D eigenvalue weighted by atomic mass is 32.2. The Morgan fingerprint density at radius 1 is 1.30 bits per heavy atom. The van der Waals surface area contributed by atoms with Crippen LogP contribution in [-0.2, 0) is 6.54 Å². The van der Waals surface area contributed by atoms with Gasteiger partial charge in [0.15, 0.2) is 5.96 Å². The summed E-state index contributed by atoms with van der Waals surface area (Å²) in [6.45, 7) is 2.95. The van der Waals surface area contributed by atoms with Crippen LogP contribution in [0, 0.1) is 0 Å². The van der Waals surface area contributed by atoms with Crippen LogP contribution in [0.4, 0.5) is 0 Å². The van der Waals surface area contributed by atoms with Crippen molar-refractivity contribution in [1.82, 2.24) is 25.0 Å². The van der Waals surface area contributed by atoms with Gasteiger partial charge in [-0.1, -0.05) is 31.4 Å². The summed E-state index contributed by atoms with van der Waals surface area (Å²) in [5.41, 5.74) is 2.24. The largest absolute Gasteiger partial charge is 0.352 e. The minimum atomic E-state index is 0.446. The minimum Gasteiger partial charge on any atom is -0.352 e. The second-order valence-corrected chi connectivity index (χ2v) is 8.99. The summed E-state index contributed by atoms with van der Waals surface area (Å²) in [6.07, 6.45) is 10.1. The lowest BCUT2D eigenvalue weighted by molar-refractivity contribution is 0.293. The number of nitrogens with zero attached hydrogens (tertiary/aromatic N) is 5. The van der Waals surface area contributed by atoms with Crippen LogP contribution in [0.15, 0.2) is 41.9 Å². The summed E-state index contributed by atoms with van der Waals surface area (Å²) in [4.78, 5) is 11.1. The summed E-state index contributed by atoms with van der Waals surface area (Å²) in [6, 6.07) is 8.38. The molecule has 1 N–H and O–H groups in total. The molecule has 0 unspecified atom stereocenters. The van der Waals surface area contributed by atoms with Gasteiger partial charge in [-0.3, -0.25) is 4.99 Å². The molecule has 4 rings (SSSR count). The number of rotatable bonds is 3. The number of guanidine groups is 1. The zero-order valence-electron chi connectivity index (χ0n) is 16.0. The van der Waals surface area contributed by atoms with Crippen molar-refractivity contribution < 1.29 is 0 Å². The van der Waals surface area contributed by atoms with Crippen molar-refractivity contribution in [1.29, 1.82) is 0 Å². The van der Waals surface area contributed by atoms with Crippen LogP contribution in [0.3, 0.4) is 0 Å². The van der Waals surface area contributed by atoms with Gasteiger partial charge in [-0.2, -0.15) is 16.9 Å². The molecule has 2 aromatic rings. The molecule has 2 aliphatic rings. The van der Waals surface area contributed by atoms with Gasteiger partial charge in [0.1, 0.15) is 12.7 Å². The molecule has 144 valence electrons. The quantitative estimate of drug-likeness (QED) is 0.651. The first-order valence-electron chi connectivity index (χ1n) is 9.82. The molecule has 1 spiro atoms. The van der Waals surface area contributed by atoms with E-state index in [1.807, 2.05) is 13.1 Å². The summed E-state index contributed by atoms with van der Waals surface area (Å²) >= 11 is 2.19. The van der Waals surface area contributed by atoms with Crippen LogP contribution < -0.4 is 5.32 Å². The predicted octanol–water partition coefficient (Wildman–Crippen LogP) is 3.09. The van der Waals surface area contributed by atoms with E-state index in [2.05, 4.69) is 55.3 Å². The molecule has 1 aliphatic heterocycles. The number of hydrogen-bond acceptors (Lipinski definition) is 4. The monoisotopic (exact) mass is 384 g/mol. The van der Waals surface area contributed by atoms with E-state index in [9.17, 15) is 0 Å². The standard InChI is InChI=1S/C20H28N6S/c1-21-19(25-10-11-27-20(14-25)8-3-2-4-9-20)23-13-17-6-5-7-18(12-17)26-16-22-15-24-26/h5-7,12,15-16H,2-4,8-11,13-14H2,1H3,(H,21,23). The van der Waals surface area contributed by atoms with Crippen molar-refractivity contribution in [2.24, 2.45) is 4.99 Å². The number of aromatic nitrogens is 3. The van der Waals surface area contributed by atoms with Crippen molar-refractivity contribution in [3.63, 3.8) is 0 Å². The van der Waals surface area contributed by atoms with Gasteiger partial charge < -0.3 is 10.2 Å². The highest BCUT2D eigenvalue weighted by molar-refractivity contribution is 8.00. The van der Waals surface area contributed by atoms with Gasteiger partial charge in [0, 0.05) is 37.2 Å². The molecule has 27 heavy (non-hydrogen) atoms. The highest BCUT2D eigenvalue weighted by Crippen LogP contribution is 2.42. The molecule has 0 bridgehead atoms. The van der Waals surface area contributed by atoms with Gasteiger partial charge in [-0.25, -0.2) is 9.67 Å². The average Bonchev–Trinajstić information content (AvgIpc) is 3.24. The first kappa shape index (κ1) is 18.3. The number of hydrogen-bond donors (Lipinski definition) is 1. The number of aliphatic imine (C=N–C) groups is 1. The van der Waals surface area contributed by atoms with Gasteiger partial charge in [-0.15, -0.1) is 0 Å². The highest BCUT2D eigenvalue weighted by Gasteiger charge is 2.38. The topological polar surface area (TPSA) is 58.3 Å². The molecule has 1 saturated carbocycles. The number of benzene rings is 1. The Bertz CT molecular complexity index is 761. The zero-order chi connectivity index (χ0) is 18.5. The van der Waals surface area contributed by atoms with Crippen LogP contribution in [0.25, 0.3) is 5.69 Å². The lowest BCUT2D eigenvalue weighted by Crippen LogP contribution is -2.53. The summed E-state index contributed by atoms with van der Waals surface area (Å²) in [5, 5.41) is 7.78. The van der Waals surface area contributed by atoms with E-state index in [1.165, 1.54) is 43.4 Å². The fraction of sp³-hybridized carbons (Fsp3) is 0.550. The predicted molar refractivity (Wildman–Crippen MR) is 111 cm³/mol. The van der Waals surface area contributed by atoms with Crippen LogP contribution in [0.1, 0.15) is 37.7 Å². The first-order chi connectivity index (χ1) is 13.3. The minimum absolute atomic E-state index is 0.446. The number of nitrogens with one attached hydrogen (secondary N) is 1. The summed E-state index contributed by atoms with van der Waals surface area (Å²) in [5.74, 6) is 2.22. The average molecular weight is 385 g/mol. The lowest BCUT2D eigenvalue weighted by Gasteiger charge is -2.45. The van der Waals surface area contributed by atoms with E-state index in [0.717, 1.165) is 31.3 Å². The molecule has 1 aliphatic carbocycles. The molecule has 0 atom stereocenters. The Hall–Kier alpha value is -2.02. The maximum Gasteiger partial charge on any atom is 0.193 e. The maximum atomic E-state index is 4.57. The van der Waals surface area contributed by atoms with Gasteiger partial charge >= 0.3 is 0 Å². The third-order valence-electron chi connectivity index (χ3n) is 5.57. The van der Waals surface area contributed by atoms with Crippen molar-refractivity contribution in [3.8, 4) is 5.69 Å². The molecular weight excluding hydrogens is 356 g/mol. The Balaban J connectivity index is 1.40. The van der Waals surface area contributed by atoms with E-state index < -0.39 is 0 Å². The van der Waals surface area contributed by atoms with E-state index in [0.29, 0.717) is 4.75 Å². The van der Waals surface area contributed by atoms with Crippen LogP contribution >= 0.6 is 11.8 Å². The van der Waals surface area contributed by atoms with Gasteiger partial charge in [-0.05, 0) is 30.5 Å². The first-order valence-corrected chi connectivity index (χ1v) is 10.8. The molecule has 2 fully saturated rings. The smallest absolute Gasteiger partial charge is 0.193 e. The van der Waals surface area contributed by atoms with Crippen LogP contribution in [0.2, 0.25) is 0 Å². The molecule has 1 aromatic heterocycles. The Kier molecular flexibility index (Phi) is 5.66. The number of thioether (sulfide) groups is 1. The summed E-state index contributed by atoms with van der Waals surface area (Å²) < 4.78 is 2.23. The maximum absolute atomic E-state index is 4.57. The second kappa shape index (κ2) is 8.33. The molecule has 6 nitrogen and oxygen atoms in total. The second-order valence-electron chi connectivity index (χ2n) is 7.42. The SMILES string of the molecule is CN=C(NCc1cccc(-n2cncn2)c1)N1CCSC2(CCCCC2)C1. The zero-order valence-corrected chi connectivity index (χ0v) is 16.8. The lowest BCUT2D eigenvalue weighted by atomic mass is 9.87. The van der Waals surface area contributed by atoms with Crippen molar-refractivity contribution >= 4 is 17.7 Å². The molecule has 0 amide bonds. The van der Waals surface area contributed by atoms with Crippen LogP contribution in [0.5, 0.6) is 0 Å². The Morgan fingerprint density at radius 2 is 2.19 bits per heavy atom. The molecule has 1 aromatic carbocycles. The van der Waals surface area contributed by atoms with Crippen molar-refractivity contribution in [3.05, 3.63) is 42.5 Å². The molecule has 7 heteroatoms. The van der Waals surface area contributed by atoms with Gasteiger partial charge in [0.05, 0.1) is 5.69 Å². The Labute approximate surface area is 165 Å². The fourth-order valence-corrected chi connectivity index (χ4v) is 5.76. The van der Waals surface area contributed by atoms with Gasteiger partial charge in [0.2, 0.25) is 0 Å². The molecule has 2 heterocycles. The summed E-state index contributed by atoms with van der Waals surface area (Å²) in [7, 11) is 1.89. The third kappa shape index (κ3) is 4.29. The molecular formula is C20H28N6S. The third-order valence-corrected chi connectivity index (χ3v) is 7.11. The molecule has 0 radical (unpaired) electrons. The van der Waals surface area contributed by atoms with Crippen LogP contribution in [-0.4, -0.2) is 56.3 Å². The Morgan fingerprint density at radius 3 is 2.96 bits per heavy atom. The van der Waals surface area contributed by atoms with Crippen molar-refractivity contribution in [2.75, 3.05) is 25.9 Å². The van der Waals surface area contributed by atoms with Gasteiger partial charge in [0.25, 0.3) is 0 Å². The molecule has 1 saturated heterocycles.